The fourth-order valence-corrected chi connectivity index (χ4v) is 6.81. The number of piperidine rings is 1. The van der Waals surface area contributed by atoms with Crippen molar-refractivity contribution in [2.45, 2.75) is 64.6 Å². The summed E-state index contributed by atoms with van der Waals surface area (Å²) >= 11 is 1.56. The summed E-state index contributed by atoms with van der Waals surface area (Å²) in [7, 11) is 0. The highest BCUT2D eigenvalue weighted by Gasteiger charge is 2.25. The first-order valence-electron chi connectivity index (χ1n) is 14.4. The number of aromatic nitrogens is 2. The zero-order valence-electron chi connectivity index (χ0n) is 23.3. The molecule has 3 aliphatic rings. The average Bonchev–Trinajstić information content (AvgIpc) is 3.72. The van der Waals surface area contributed by atoms with E-state index in [2.05, 4.69) is 28.1 Å². The molecule has 1 N–H and O–H groups in total. The molecule has 0 bridgehead atoms. The van der Waals surface area contributed by atoms with Gasteiger partial charge in [0, 0.05) is 42.5 Å². The summed E-state index contributed by atoms with van der Waals surface area (Å²) < 4.78 is 11.1. The lowest BCUT2D eigenvalue weighted by Gasteiger charge is -2.33. The Morgan fingerprint density at radius 1 is 1.05 bits per heavy atom. The molecule has 2 aromatic heterocycles. The molecule has 1 saturated heterocycles. The first-order valence-corrected chi connectivity index (χ1v) is 15.3. The molecule has 4 heterocycles. The highest BCUT2D eigenvalue weighted by atomic mass is 32.1. The van der Waals surface area contributed by atoms with Gasteiger partial charge in [0.25, 0.3) is 0 Å². The van der Waals surface area contributed by atoms with Gasteiger partial charge in [0.2, 0.25) is 12.7 Å². The first kappa shape index (κ1) is 26.2. The molecular weight excluding hydrogens is 536 g/mol. The Labute approximate surface area is 243 Å². The number of rotatable bonds is 7. The fraction of sp³-hybridized carbons (Fsp3) is 0.406. The molecule has 0 spiro atoms. The molecule has 1 aliphatic carbocycles. The fourth-order valence-electron chi connectivity index (χ4n) is 6.20. The smallest absolute Gasteiger partial charge is 0.231 e. The maximum Gasteiger partial charge on any atom is 0.231 e. The van der Waals surface area contributed by atoms with Crippen molar-refractivity contribution >= 4 is 34.0 Å². The van der Waals surface area contributed by atoms with Gasteiger partial charge in [-0.25, -0.2) is 9.97 Å². The quantitative estimate of drug-likeness (QED) is 0.336. The summed E-state index contributed by atoms with van der Waals surface area (Å²) in [5, 5.41) is 14.2. The Morgan fingerprint density at radius 3 is 2.66 bits per heavy atom. The standard InChI is InChI=1S/C32H34N4O4S/c1-20-33-26(18-41-20)15-31(38)36(16-21-5-6-29-30(11-21)40-19-39-29)17-25-13-24-12-22-3-2-4-23(22)14-28(24)34-32(25)35-9-7-27(37)8-10-35/h5-6,11-14,18,27,37H,2-4,7-10,15-17,19H2,1H3. The number of aryl methyl sites for hydroxylation is 3. The van der Waals surface area contributed by atoms with Crippen LogP contribution in [0, 0.1) is 6.92 Å². The topological polar surface area (TPSA) is 88.0 Å². The summed E-state index contributed by atoms with van der Waals surface area (Å²) in [6.45, 7) is 4.51. The zero-order valence-corrected chi connectivity index (χ0v) is 24.1. The van der Waals surface area contributed by atoms with E-state index in [-0.39, 0.29) is 25.2 Å². The van der Waals surface area contributed by atoms with E-state index in [0.717, 1.165) is 70.2 Å². The molecule has 1 amide bonds. The normalized spacial score (nSPS) is 16.4. The van der Waals surface area contributed by atoms with Gasteiger partial charge in [-0.05, 0) is 86.1 Å². The van der Waals surface area contributed by atoms with Crippen molar-refractivity contribution in [3.63, 3.8) is 0 Å². The molecule has 0 unspecified atom stereocenters. The Morgan fingerprint density at radius 2 is 1.85 bits per heavy atom. The van der Waals surface area contributed by atoms with Gasteiger partial charge in [-0.2, -0.15) is 0 Å². The maximum absolute atomic E-state index is 13.9. The van der Waals surface area contributed by atoms with Gasteiger partial charge < -0.3 is 24.4 Å². The van der Waals surface area contributed by atoms with Crippen molar-refractivity contribution in [2.24, 2.45) is 0 Å². The van der Waals surface area contributed by atoms with Crippen LogP contribution in [0.5, 0.6) is 11.5 Å². The third kappa shape index (κ3) is 5.48. The predicted molar refractivity (Wildman–Crippen MR) is 159 cm³/mol. The molecule has 7 rings (SSSR count). The molecule has 1 fully saturated rings. The van der Waals surface area contributed by atoms with E-state index in [1.807, 2.05) is 35.4 Å². The van der Waals surface area contributed by atoms with E-state index in [9.17, 15) is 9.90 Å². The van der Waals surface area contributed by atoms with Gasteiger partial charge in [-0.1, -0.05) is 6.07 Å². The second-order valence-corrected chi connectivity index (χ2v) is 12.4. The van der Waals surface area contributed by atoms with Crippen molar-refractivity contribution in [3.05, 3.63) is 74.7 Å². The van der Waals surface area contributed by atoms with Crippen LogP contribution in [-0.2, 0) is 37.1 Å². The Balaban J connectivity index is 1.26. The van der Waals surface area contributed by atoms with E-state index in [0.29, 0.717) is 31.7 Å². The number of amides is 1. The van der Waals surface area contributed by atoms with Gasteiger partial charge in [-0.15, -0.1) is 11.3 Å². The first-order chi connectivity index (χ1) is 20.0. The number of nitrogens with zero attached hydrogens (tertiary/aromatic N) is 4. The van der Waals surface area contributed by atoms with E-state index in [4.69, 9.17) is 14.5 Å². The molecule has 0 saturated carbocycles. The van der Waals surface area contributed by atoms with E-state index in [1.165, 1.54) is 17.5 Å². The number of thiazole rings is 1. The molecule has 4 aromatic rings. The minimum Gasteiger partial charge on any atom is -0.454 e. The molecule has 0 atom stereocenters. The predicted octanol–water partition coefficient (Wildman–Crippen LogP) is 4.95. The number of fused-ring (bicyclic) bond motifs is 3. The van der Waals surface area contributed by atoms with Crippen LogP contribution in [-0.4, -0.2) is 51.9 Å². The molecule has 212 valence electrons. The number of benzene rings is 2. The lowest BCUT2D eigenvalue weighted by molar-refractivity contribution is -0.131. The molecule has 0 radical (unpaired) electrons. The number of pyridine rings is 1. The number of hydrogen-bond donors (Lipinski definition) is 1. The van der Waals surface area contributed by atoms with E-state index >= 15 is 0 Å². The number of ether oxygens (including phenoxy) is 2. The molecule has 8 nitrogen and oxygen atoms in total. The van der Waals surface area contributed by atoms with Crippen LogP contribution >= 0.6 is 11.3 Å². The highest BCUT2D eigenvalue weighted by molar-refractivity contribution is 7.09. The van der Waals surface area contributed by atoms with Gasteiger partial charge in [0.05, 0.1) is 28.7 Å². The van der Waals surface area contributed by atoms with Crippen LogP contribution < -0.4 is 14.4 Å². The number of hydrogen-bond acceptors (Lipinski definition) is 8. The number of carbonyl (C=O) groups is 1. The van der Waals surface area contributed by atoms with Crippen molar-refractivity contribution in [1.82, 2.24) is 14.9 Å². The van der Waals surface area contributed by atoms with Gasteiger partial charge in [0.15, 0.2) is 11.5 Å². The van der Waals surface area contributed by atoms with Gasteiger partial charge >= 0.3 is 0 Å². The summed E-state index contributed by atoms with van der Waals surface area (Å²) in [5.74, 6) is 2.36. The third-order valence-corrected chi connectivity index (χ3v) is 9.19. The molecule has 2 aliphatic heterocycles. The monoisotopic (exact) mass is 570 g/mol. The maximum atomic E-state index is 13.9. The molecule has 41 heavy (non-hydrogen) atoms. The second-order valence-electron chi connectivity index (χ2n) is 11.3. The zero-order chi connectivity index (χ0) is 27.9. The number of anilines is 1. The Hall–Kier alpha value is -3.69. The lowest BCUT2D eigenvalue weighted by Crippen LogP contribution is -2.38. The Bertz CT molecular complexity index is 1610. The summed E-state index contributed by atoms with van der Waals surface area (Å²) in [6, 6.07) is 12.6. The van der Waals surface area contributed by atoms with Crippen LogP contribution in [0.2, 0.25) is 0 Å². The average molecular weight is 571 g/mol. The highest BCUT2D eigenvalue weighted by Crippen LogP contribution is 2.35. The van der Waals surface area contributed by atoms with Crippen molar-refractivity contribution in [1.29, 1.82) is 0 Å². The van der Waals surface area contributed by atoms with Crippen LogP contribution in [0.3, 0.4) is 0 Å². The molecule has 9 heteroatoms. The second kappa shape index (κ2) is 10.9. The Kier molecular flexibility index (Phi) is 7.00. The lowest BCUT2D eigenvalue weighted by atomic mass is 10.0. The number of aliphatic hydroxyl groups excluding tert-OH is 1. The van der Waals surface area contributed by atoms with Crippen molar-refractivity contribution in [3.8, 4) is 11.5 Å². The summed E-state index contributed by atoms with van der Waals surface area (Å²) in [4.78, 5) is 27.8. The minimum atomic E-state index is -0.274. The summed E-state index contributed by atoms with van der Waals surface area (Å²) in [5.41, 5.74) is 6.61. The van der Waals surface area contributed by atoms with Crippen LogP contribution in [0.25, 0.3) is 10.9 Å². The molecule has 2 aromatic carbocycles. The van der Waals surface area contributed by atoms with Crippen molar-refractivity contribution < 1.29 is 19.4 Å². The third-order valence-electron chi connectivity index (χ3n) is 8.37. The van der Waals surface area contributed by atoms with E-state index < -0.39 is 0 Å². The SMILES string of the molecule is Cc1nc(CC(=O)N(Cc2ccc3c(c2)OCO3)Cc2cc3cc4c(cc3nc2N2CCC(O)CC2)CCC4)cs1. The van der Waals surface area contributed by atoms with Crippen LogP contribution in [0.15, 0.2) is 41.8 Å². The van der Waals surface area contributed by atoms with Crippen molar-refractivity contribution in [2.75, 3.05) is 24.8 Å². The van der Waals surface area contributed by atoms with Gasteiger partial charge in [0.1, 0.15) is 5.82 Å². The minimum absolute atomic E-state index is 0.0158. The number of carbonyl (C=O) groups excluding carboxylic acids is 1. The number of aliphatic hydroxyl groups is 1. The van der Waals surface area contributed by atoms with Crippen LogP contribution in [0.4, 0.5) is 5.82 Å². The van der Waals surface area contributed by atoms with Crippen LogP contribution in [0.1, 0.15) is 52.2 Å². The van der Waals surface area contributed by atoms with Gasteiger partial charge in [-0.3, -0.25) is 4.79 Å². The summed E-state index contributed by atoms with van der Waals surface area (Å²) in [6.07, 6.45) is 4.79. The largest absolute Gasteiger partial charge is 0.454 e. The van der Waals surface area contributed by atoms with E-state index in [1.54, 1.807) is 11.3 Å². The molecular formula is C32H34N4O4S.